The topological polar surface area (TPSA) is 55.4 Å². The third-order valence-corrected chi connectivity index (χ3v) is 3.57. The van der Waals surface area contributed by atoms with Crippen molar-refractivity contribution in [2.45, 2.75) is 12.5 Å². The van der Waals surface area contributed by atoms with Gasteiger partial charge < -0.3 is 10.1 Å². The highest BCUT2D eigenvalue weighted by Gasteiger charge is 2.19. The molecular weight excluding hydrogens is 274 g/mol. The molecule has 1 aromatic carbocycles. The number of amides is 1. The second kappa shape index (κ2) is 6.86. The van der Waals surface area contributed by atoms with Gasteiger partial charge in [0.15, 0.2) is 0 Å². The Bertz CT molecular complexity index is 566. The van der Waals surface area contributed by atoms with Crippen molar-refractivity contribution in [1.29, 1.82) is 0 Å². The lowest BCUT2D eigenvalue weighted by Crippen LogP contribution is -2.30. The number of methoxy groups -OCH3 is 1. The zero-order valence-electron chi connectivity index (χ0n) is 11.0. The van der Waals surface area contributed by atoms with E-state index in [2.05, 4.69) is 10.1 Å². The minimum Gasteiger partial charge on any atom is -0.469 e. The second-order valence-corrected chi connectivity index (χ2v) is 5.01. The van der Waals surface area contributed by atoms with Gasteiger partial charge in [-0.1, -0.05) is 30.3 Å². The molecule has 20 heavy (non-hydrogen) atoms. The molecular formula is C15H15NO3S. The first kappa shape index (κ1) is 14.3. The zero-order chi connectivity index (χ0) is 14.4. The van der Waals surface area contributed by atoms with Gasteiger partial charge in [0.05, 0.1) is 25.1 Å². The van der Waals surface area contributed by atoms with Crippen LogP contribution in [0.25, 0.3) is 0 Å². The van der Waals surface area contributed by atoms with E-state index in [1.54, 1.807) is 11.4 Å². The largest absolute Gasteiger partial charge is 0.469 e. The zero-order valence-corrected chi connectivity index (χ0v) is 11.9. The van der Waals surface area contributed by atoms with Crippen LogP contribution in [0.2, 0.25) is 0 Å². The molecule has 0 aliphatic heterocycles. The normalized spacial score (nSPS) is 11.7. The van der Waals surface area contributed by atoms with Gasteiger partial charge in [-0.2, -0.15) is 11.3 Å². The van der Waals surface area contributed by atoms with Crippen LogP contribution in [0.1, 0.15) is 28.4 Å². The van der Waals surface area contributed by atoms with Crippen molar-refractivity contribution in [2.24, 2.45) is 0 Å². The fourth-order valence-corrected chi connectivity index (χ4v) is 2.46. The van der Waals surface area contributed by atoms with Crippen LogP contribution in [-0.4, -0.2) is 19.0 Å². The molecule has 2 rings (SSSR count). The molecule has 1 heterocycles. The van der Waals surface area contributed by atoms with Crippen molar-refractivity contribution in [3.63, 3.8) is 0 Å². The molecule has 0 aliphatic rings. The first-order valence-corrected chi connectivity index (χ1v) is 7.10. The SMILES string of the molecule is COC(=O)C[C@@H](NC(=O)c1ccsc1)c1ccccc1. The van der Waals surface area contributed by atoms with Crippen LogP contribution >= 0.6 is 11.3 Å². The molecule has 0 bridgehead atoms. The molecule has 0 radical (unpaired) electrons. The number of carbonyl (C=O) groups is 2. The summed E-state index contributed by atoms with van der Waals surface area (Å²) in [5.74, 6) is -0.548. The van der Waals surface area contributed by atoms with Gasteiger partial charge in [0.2, 0.25) is 0 Å². The number of nitrogens with one attached hydrogen (secondary N) is 1. The predicted molar refractivity (Wildman–Crippen MR) is 77.6 cm³/mol. The molecule has 104 valence electrons. The number of esters is 1. The van der Waals surface area contributed by atoms with Crippen molar-refractivity contribution in [3.8, 4) is 0 Å². The predicted octanol–water partition coefficient (Wildman–Crippen LogP) is 2.78. The molecule has 0 fully saturated rings. The van der Waals surface area contributed by atoms with Crippen molar-refractivity contribution >= 4 is 23.2 Å². The Hall–Kier alpha value is -2.14. The van der Waals surface area contributed by atoms with Gasteiger partial charge in [-0.05, 0) is 17.0 Å². The van der Waals surface area contributed by atoms with Crippen LogP contribution in [0, 0.1) is 0 Å². The number of hydrogen-bond donors (Lipinski definition) is 1. The number of thiophene rings is 1. The lowest BCUT2D eigenvalue weighted by Gasteiger charge is -2.17. The average molecular weight is 289 g/mol. The fraction of sp³-hybridized carbons (Fsp3) is 0.200. The molecule has 0 aliphatic carbocycles. The van der Waals surface area contributed by atoms with E-state index in [-0.39, 0.29) is 18.3 Å². The Morgan fingerprint density at radius 1 is 1.25 bits per heavy atom. The molecule has 2 aromatic rings. The fourth-order valence-electron chi connectivity index (χ4n) is 1.82. The van der Waals surface area contributed by atoms with Gasteiger partial charge >= 0.3 is 5.97 Å². The Balaban J connectivity index is 2.14. The molecule has 1 amide bonds. The maximum atomic E-state index is 12.1. The Labute approximate surface area is 121 Å². The highest BCUT2D eigenvalue weighted by atomic mass is 32.1. The van der Waals surface area contributed by atoms with E-state index >= 15 is 0 Å². The minimum absolute atomic E-state index is 0.108. The minimum atomic E-state index is -0.393. The first-order chi connectivity index (χ1) is 9.70. The van der Waals surface area contributed by atoms with E-state index in [1.165, 1.54) is 18.4 Å². The first-order valence-electron chi connectivity index (χ1n) is 6.15. The van der Waals surface area contributed by atoms with E-state index in [4.69, 9.17) is 0 Å². The van der Waals surface area contributed by atoms with Crippen LogP contribution in [-0.2, 0) is 9.53 Å². The summed E-state index contributed by atoms with van der Waals surface area (Å²) in [6, 6.07) is 10.7. The molecule has 1 aromatic heterocycles. The highest BCUT2D eigenvalue weighted by Crippen LogP contribution is 2.18. The van der Waals surface area contributed by atoms with Crippen LogP contribution in [0.3, 0.4) is 0 Å². The molecule has 0 saturated carbocycles. The molecule has 1 N–H and O–H groups in total. The summed E-state index contributed by atoms with van der Waals surface area (Å²) < 4.78 is 4.69. The van der Waals surface area contributed by atoms with Crippen LogP contribution < -0.4 is 5.32 Å². The number of rotatable bonds is 5. The standard InChI is InChI=1S/C15H15NO3S/c1-19-14(17)9-13(11-5-3-2-4-6-11)16-15(18)12-7-8-20-10-12/h2-8,10,13H,9H2,1H3,(H,16,18)/t13-/m1/s1. The molecule has 5 heteroatoms. The van der Waals surface area contributed by atoms with Gasteiger partial charge in [-0.25, -0.2) is 0 Å². The van der Waals surface area contributed by atoms with Crippen LogP contribution in [0.15, 0.2) is 47.2 Å². The number of benzene rings is 1. The number of ether oxygens (including phenoxy) is 1. The second-order valence-electron chi connectivity index (χ2n) is 4.23. The van der Waals surface area contributed by atoms with E-state index in [9.17, 15) is 9.59 Å². The molecule has 0 unspecified atom stereocenters. The summed E-state index contributed by atoms with van der Waals surface area (Å²) in [6.45, 7) is 0. The summed E-state index contributed by atoms with van der Waals surface area (Å²) >= 11 is 1.46. The van der Waals surface area contributed by atoms with Gasteiger partial charge in [0.1, 0.15) is 0 Å². The lowest BCUT2D eigenvalue weighted by atomic mass is 10.0. The quantitative estimate of drug-likeness (QED) is 0.861. The van der Waals surface area contributed by atoms with Crippen LogP contribution in [0.5, 0.6) is 0 Å². The van der Waals surface area contributed by atoms with E-state index < -0.39 is 6.04 Å². The molecule has 0 saturated heterocycles. The average Bonchev–Trinajstić information content (AvgIpc) is 3.01. The third-order valence-electron chi connectivity index (χ3n) is 2.89. The summed E-state index contributed by atoms with van der Waals surface area (Å²) in [7, 11) is 1.34. The molecule has 0 spiro atoms. The van der Waals surface area contributed by atoms with Gasteiger partial charge in [0.25, 0.3) is 5.91 Å². The summed E-state index contributed by atoms with van der Waals surface area (Å²) in [4.78, 5) is 23.6. The Kier molecular flexibility index (Phi) is 4.90. The number of carbonyl (C=O) groups excluding carboxylic acids is 2. The summed E-state index contributed by atoms with van der Waals surface area (Å²) in [5, 5.41) is 6.48. The van der Waals surface area contributed by atoms with Gasteiger partial charge in [-0.15, -0.1) is 0 Å². The maximum absolute atomic E-state index is 12.1. The molecule has 4 nitrogen and oxygen atoms in total. The van der Waals surface area contributed by atoms with Crippen LogP contribution in [0.4, 0.5) is 0 Å². The maximum Gasteiger partial charge on any atom is 0.307 e. The van der Waals surface area contributed by atoms with E-state index in [0.29, 0.717) is 5.56 Å². The van der Waals surface area contributed by atoms with Crippen molar-refractivity contribution < 1.29 is 14.3 Å². The van der Waals surface area contributed by atoms with E-state index in [0.717, 1.165) is 5.56 Å². The highest BCUT2D eigenvalue weighted by molar-refractivity contribution is 7.08. The van der Waals surface area contributed by atoms with E-state index in [1.807, 2.05) is 35.7 Å². The number of hydrogen-bond acceptors (Lipinski definition) is 4. The van der Waals surface area contributed by atoms with Gasteiger partial charge in [0, 0.05) is 5.38 Å². The van der Waals surface area contributed by atoms with Gasteiger partial charge in [-0.3, -0.25) is 9.59 Å². The third kappa shape index (κ3) is 3.68. The Morgan fingerprint density at radius 2 is 2.00 bits per heavy atom. The monoisotopic (exact) mass is 289 g/mol. The summed E-state index contributed by atoms with van der Waals surface area (Å²) in [5.41, 5.74) is 1.47. The lowest BCUT2D eigenvalue weighted by molar-refractivity contribution is -0.141. The molecule has 1 atom stereocenters. The van der Waals surface area contributed by atoms with Crippen molar-refractivity contribution in [2.75, 3.05) is 7.11 Å². The smallest absolute Gasteiger partial charge is 0.307 e. The summed E-state index contributed by atoms with van der Waals surface area (Å²) in [6.07, 6.45) is 0.108. The van der Waals surface area contributed by atoms with Crippen molar-refractivity contribution in [3.05, 3.63) is 58.3 Å². The van der Waals surface area contributed by atoms with Crippen molar-refractivity contribution in [1.82, 2.24) is 5.32 Å². The Morgan fingerprint density at radius 3 is 2.60 bits per heavy atom.